The van der Waals surface area contributed by atoms with Crippen LogP contribution in [-0.4, -0.2) is 10.5 Å². The van der Waals surface area contributed by atoms with E-state index in [-0.39, 0.29) is 18.3 Å². The van der Waals surface area contributed by atoms with E-state index >= 15 is 0 Å². The Hall–Kier alpha value is -1.14. The molecule has 6 heteroatoms. The van der Waals surface area contributed by atoms with E-state index in [2.05, 4.69) is 37.2 Å². The summed E-state index contributed by atoms with van der Waals surface area (Å²) in [7, 11) is 1.79. The molecule has 1 N–H and O–H groups in total. The maximum absolute atomic E-state index is 13.1. The van der Waals surface area contributed by atoms with E-state index in [4.69, 9.17) is 0 Å². The van der Waals surface area contributed by atoms with Gasteiger partial charge < -0.3 is 9.88 Å². The molecule has 1 aromatic carbocycles. The van der Waals surface area contributed by atoms with Gasteiger partial charge in [-0.1, -0.05) is 15.9 Å². The summed E-state index contributed by atoms with van der Waals surface area (Å²) in [5.74, 6) is -0.529. The zero-order valence-corrected chi connectivity index (χ0v) is 13.3. The number of aryl methyl sites for hydroxylation is 1. The highest BCUT2D eigenvalue weighted by molar-refractivity contribution is 9.10. The second-order valence-corrected chi connectivity index (χ2v) is 5.84. The Kier molecular flexibility index (Phi) is 4.42. The third-order valence-electron chi connectivity index (χ3n) is 2.65. The standard InChI is InChI=1S/C13H11Br2FN2O/c1-18-7-9(14)5-12(18)13(19)17-6-8-4-10(16)2-3-11(8)15/h2-5,7H,6H2,1H3,(H,17,19). The molecule has 1 aromatic heterocycles. The summed E-state index contributed by atoms with van der Waals surface area (Å²) in [6.07, 6.45) is 1.80. The maximum atomic E-state index is 13.1. The normalized spacial score (nSPS) is 10.5. The highest BCUT2D eigenvalue weighted by Crippen LogP contribution is 2.18. The minimum Gasteiger partial charge on any atom is -0.347 e. The number of nitrogens with one attached hydrogen (secondary N) is 1. The smallest absolute Gasteiger partial charge is 0.268 e. The summed E-state index contributed by atoms with van der Waals surface area (Å²) in [4.78, 5) is 12.0. The Morgan fingerprint density at radius 3 is 2.74 bits per heavy atom. The van der Waals surface area contributed by atoms with E-state index in [0.717, 1.165) is 8.95 Å². The average molecular weight is 390 g/mol. The fraction of sp³-hybridized carbons (Fsp3) is 0.154. The van der Waals surface area contributed by atoms with Crippen molar-refractivity contribution in [2.45, 2.75) is 6.54 Å². The maximum Gasteiger partial charge on any atom is 0.268 e. The summed E-state index contributed by atoms with van der Waals surface area (Å²) in [6, 6.07) is 6.11. The molecule has 1 amide bonds. The van der Waals surface area contributed by atoms with Gasteiger partial charge in [-0.25, -0.2) is 4.39 Å². The molecule has 3 nitrogen and oxygen atoms in total. The van der Waals surface area contributed by atoms with Gasteiger partial charge in [-0.2, -0.15) is 0 Å². The Morgan fingerprint density at radius 2 is 2.11 bits per heavy atom. The van der Waals surface area contributed by atoms with Crippen molar-refractivity contribution in [3.05, 3.63) is 56.5 Å². The van der Waals surface area contributed by atoms with Gasteiger partial charge in [0.2, 0.25) is 0 Å². The van der Waals surface area contributed by atoms with Crippen molar-refractivity contribution in [3.63, 3.8) is 0 Å². The number of carbonyl (C=O) groups is 1. The van der Waals surface area contributed by atoms with Crippen molar-refractivity contribution < 1.29 is 9.18 Å². The van der Waals surface area contributed by atoms with E-state index in [9.17, 15) is 9.18 Å². The zero-order chi connectivity index (χ0) is 14.0. The first-order valence-corrected chi connectivity index (χ1v) is 7.10. The van der Waals surface area contributed by atoms with Crippen LogP contribution in [0.5, 0.6) is 0 Å². The molecular formula is C13H11Br2FN2O. The number of amides is 1. The summed E-state index contributed by atoms with van der Waals surface area (Å²) < 4.78 is 16.4. The van der Waals surface area contributed by atoms with Gasteiger partial charge in [0.15, 0.2) is 0 Å². The number of benzene rings is 1. The molecule has 2 rings (SSSR count). The van der Waals surface area contributed by atoms with Crippen LogP contribution in [0.1, 0.15) is 16.1 Å². The molecule has 0 unspecified atom stereocenters. The number of aromatic nitrogens is 1. The third kappa shape index (κ3) is 3.45. The fourth-order valence-corrected chi connectivity index (χ4v) is 2.61. The predicted molar refractivity (Wildman–Crippen MR) is 78.4 cm³/mol. The summed E-state index contributed by atoms with van der Waals surface area (Å²) in [5, 5.41) is 2.76. The number of hydrogen-bond donors (Lipinski definition) is 1. The predicted octanol–water partition coefficient (Wildman–Crippen LogP) is 3.62. The molecule has 2 aromatic rings. The van der Waals surface area contributed by atoms with Crippen LogP contribution in [0.3, 0.4) is 0 Å². The first-order chi connectivity index (χ1) is 8.97. The largest absolute Gasteiger partial charge is 0.347 e. The van der Waals surface area contributed by atoms with E-state index in [0.29, 0.717) is 11.3 Å². The molecule has 0 saturated carbocycles. The molecule has 0 aliphatic carbocycles. The van der Waals surface area contributed by atoms with Crippen molar-refractivity contribution in [2.24, 2.45) is 7.05 Å². The Bertz CT molecular complexity index is 625. The van der Waals surface area contributed by atoms with Crippen LogP contribution in [0, 0.1) is 5.82 Å². The van der Waals surface area contributed by atoms with Crippen molar-refractivity contribution in [1.29, 1.82) is 0 Å². The Labute approximate surface area is 127 Å². The molecule has 0 aliphatic rings. The van der Waals surface area contributed by atoms with Gasteiger partial charge in [-0.05, 0) is 45.8 Å². The second-order valence-electron chi connectivity index (χ2n) is 4.07. The van der Waals surface area contributed by atoms with Crippen molar-refractivity contribution in [1.82, 2.24) is 9.88 Å². The lowest BCUT2D eigenvalue weighted by molar-refractivity contribution is 0.0942. The molecule has 0 atom stereocenters. The van der Waals surface area contributed by atoms with Gasteiger partial charge in [0.1, 0.15) is 11.5 Å². The van der Waals surface area contributed by atoms with Crippen LogP contribution >= 0.6 is 31.9 Å². The Morgan fingerprint density at radius 1 is 1.37 bits per heavy atom. The third-order valence-corrected chi connectivity index (χ3v) is 3.86. The summed E-state index contributed by atoms with van der Waals surface area (Å²) in [5.41, 5.74) is 1.24. The van der Waals surface area contributed by atoms with Crippen LogP contribution in [0.4, 0.5) is 4.39 Å². The summed E-state index contributed by atoms with van der Waals surface area (Å²) in [6.45, 7) is 0.264. The lowest BCUT2D eigenvalue weighted by atomic mass is 10.2. The van der Waals surface area contributed by atoms with Gasteiger partial charge in [0.25, 0.3) is 5.91 Å². The molecular weight excluding hydrogens is 379 g/mol. The lowest BCUT2D eigenvalue weighted by Crippen LogP contribution is -2.24. The quantitative estimate of drug-likeness (QED) is 0.854. The number of hydrogen-bond acceptors (Lipinski definition) is 1. The SMILES string of the molecule is Cn1cc(Br)cc1C(=O)NCc1cc(F)ccc1Br. The van der Waals surface area contributed by atoms with Gasteiger partial charge in [0, 0.05) is 28.7 Å². The van der Waals surface area contributed by atoms with Crippen molar-refractivity contribution in [2.75, 3.05) is 0 Å². The number of carbonyl (C=O) groups excluding carboxylic acids is 1. The van der Waals surface area contributed by atoms with Crippen molar-refractivity contribution >= 4 is 37.8 Å². The van der Waals surface area contributed by atoms with E-state index in [1.165, 1.54) is 12.1 Å². The molecule has 0 spiro atoms. The first kappa shape index (κ1) is 14.3. The number of halogens is 3. The van der Waals surface area contributed by atoms with E-state index in [1.54, 1.807) is 29.9 Å². The fourth-order valence-electron chi connectivity index (χ4n) is 1.69. The van der Waals surface area contributed by atoms with Crippen LogP contribution in [-0.2, 0) is 13.6 Å². The number of nitrogens with zero attached hydrogens (tertiary/aromatic N) is 1. The van der Waals surface area contributed by atoms with Crippen LogP contribution < -0.4 is 5.32 Å². The summed E-state index contributed by atoms with van der Waals surface area (Å²) >= 11 is 6.64. The average Bonchev–Trinajstić information content (AvgIpc) is 2.69. The Balaban J connectivity index is 2.08. The molecule has 0 aliphatic heterocycles. The highest BCUT2D eigenvalue weighted by atomic mass is 79.9. The minimum absolute atomic E-state index is 0.204. The first-order valence-electron chi connectivity index (χ1n) is 5.51. The van der Waals surface area contributed by atoms with E-state index in [1.807, 2.05) is 0 Å². The molecule has 19 heavy (non-hydrogen) atoms. The molecule has 0 saturated heterocycles. The monoisotopic (exact) mass is 388 g/mol. The topological polar surface area (TPSA) is 34.0 Å². The van der Waals surface area contributed by atoms with Crippen LogP contribution in [0.15, 0.2) is 39.4 Å². The highest BCUT2D eigenvalue weighted by Gasteiger charge is 2.11. The minimum atomic E-state index is -0.325. The molecule has 0 fully saturated rings. The van der Waals surface area contributed by atoms with E-state index < -0.39 is 0 Å². The molecule has 100 valence electrons. The van der Waals surface area contributed by atoms with Crippen LogP contribution in [0.2, 0.25) is 0 Å². The lowest BCUT2D eigenvalue weighted by Gasteiger charge is -2.08. The van der Waals surface area contributed by atoms with Gasteiger partial charge >= 0.3 is 0 Å². The zero-order valence-electron chi connectivity index (χ0n) is 10.1. The van der Waals surface area contributed by atoms with Crippen molar-refractivity contribution in [3.8, 4) is 0 Å². The van der Waals surface area contributed by atoms with Gasteiger partial charge in [0.05, 0.1) is 0 Å². The second kappa shape index (κ2) is 5.88. The number of rotatable bonds is 3. The molecule has 0 bridgehead atoms. The van der Waals surface area contributed by atoms with Gasteiger partial charge in [-0.15, -0.1) is 0 Å². The van der Waals surface area contributed by atoms with Gasteiger partial charge in [-0.3, -0.25) is 4.79 Å². The van der Waals surface area contributed by atoms with Crippen LogP contribution in [0.25, 0.3) is 0 Å². The molecule has 1 heterocycles. The molecule has 0 radical (unpaired) electrons.